The Hall–Kier alpha value is -2.95. The second kappa shape index (κ2) is 8.06. The van der Waals surface area contributed by atoms with Gasteiger partial charge in [-0.15, -0.1) is 6.58 Å². The molecular weight excluding hydrogens is 306 g/mol. The Labute approximate surface area is 140 Å². The number of non-ortho nitro benzene ring substituents is 1. The van der Waals surface area contributed by atoms with Crippen LogP contribution in [-0.4, -0.2) is 10.9 Å². The maximum absolute atomic E-state index is 12.2. The average Bonchev–Trinajstić information content (AvgIpc) is 2.55. The van der Waals surface area contributed by atoms with Gasteiger partial charge in [0.05, 0.1) is 11.3 Å². The molecular formula is C19H19NO4. The molecule has 0 bridgehead atoms. The molecule has 0 amide bonds. The monoisotopic (exact) mass is 325 g/mol. The molecule has 0 saturated heterocycles. The summed E-state index contributed by atoms with van der Waals surface area (Å²) in [6.07, 6.45) is 0.910. The fraction of sp³-hybridized carbons (Fsp3) is 0.211. The van der Waals surface area contributed by atoms with Gasteiger partial charge < -0.3 is 4.74 Å². The highest BCUT2D eigenvalue weighted by Gasteiger charge is 2.18. The maximum Gasteiger partial charge on any atom is 0.311 e. The van der Waals surface area contributed by atoms with Gasteiger partial charge in [-0.2, -0.15) is 0 Å². The normalized spacial score (nSPS) is 11.5. The smallest absolute Gasteiger partial charge is 0.311 e. The minimum Gasteiger partial charge on any atom is -0.427 e. The van der Waals surface area contributed by atoms with E-state index in [2.05, 4.69) is 6.58 Å². The van der Waals surface area contributed by atoms with Gasteiger partial charge in [0.25, 0.3) is 5.69 Å². The van der Waals surface area contributed by atoms with Gasteiger partial charge in [0.15, 0.2) is 0 Å². The third-order valence-electron chi connectivity index (χ3n) is 3.56. The number of allylic oxidation sites excluding steroid dienone is 1. The lowest BCUT2D eigenvalue weighted by atomic mass is 9.90. The molecule has 24 heavy (non-hydrogen) atoms. The van der Waals surface area contributed by atoms with Gasteiger partial charge in [-0.3, -0.25) is 14.9 Å². The van der Waals surface area contributed by atoms with E-state index < -0.39 is 4.92 Å². The van der Waals surface area contributed by atoms with Crippen molar-refractivity contribution in [3.8, 4) is 5.75 Å². The number of ether oxygens (including phenoxy) is 1. The Morgan fingerprint density at radius 2 is 1.75 bits per heavy atom. The van der Waals surface area contributed by atoms with Crippen molar-refractivity contribution in [2.24, 2.45) is 0 Å². The Kier molecular flexibility index (Phi) is 5.84. The molecule has 0 heterocycles. The van der Waals surface area contributed by atoms with E-state index in [-0.39, 0.29) is 24.0 Å². The highest BCUT2D eigenvalue weighted by atomic mass is 16.6. The number of nitrogens with zero attached hydrogens (tertiary/aromatic N) is 1. The van der Waals surface area contributed by atoms with E-state index in [0.717, 1.165) is 11.1 Å². The zero-order chi connectivity index (χ0) is 17.5. The summed E-state index contributed by atoms with van der Waals surface area (Å²) >= 11 is 0. The lowest BCUT2D eigenvalue weighted by Crippen LogP contribution is -2.13. The third-order valence-corrected chi connectivity index (χ3v) is 3.56. The Bertz CT molecular complexity index is 723. The lowest BCUT2D eigenvalue weighted by molar-refractivity contribution is -0.384. The van der Waals surface area contributed by atoms with Gasteiger partial charge in [0.2, 0.25) is 0 Å². The molecule has 0 aliphatic carbocycles. The molecule has 0 aromatic heterocycles. The molecule has 0 unspecified atom stereocenters. The number of esters is 1. The summed E-state index contributed by atoms with van der Waals surface area (Å²) in [6, 6.07) is 15.2. The number of nitro groups is 1. The van der Waals surface area contributed by atoms with Gasteiger partial charge in [0.1, 0.15) is 5.75 Å². The molecule has 5 nitrogen and oxygen atoms in total. The van der Waals surface area contributed by atoms with Crippen LogP contribution in [0.15, 0.2) is 66.7 Å². The summed E-state index contributed by atoms with van der Waals surface area (Å²) in [5.74, 6) is -0.0825. The van der Waals surface area contributed by atoms with Crippen LogP contribution in [0.3, 0.4) is 0 Å². The predicted octanol–water partition coefficient (Wildman–Crippen LogP) is 4.64. The van der Waals surface area contributed by atoms with Crippen molar-refractivity contribution >= 4 is 11.7 Å². The standard InChI is InChI=1S/C19H19NO4/c1-14(2)12-16(15-6-4-3-5-7-15)13-19(21)24-18-10-8-17(9-11-18)20(22)23/h3-11,16H,1,12-13H2,2H3/t16-/m0/s1. The minimum absolute atomic E-state index is 0.00533. The molecule has 0 saturated carbocycles. The molecule has 0 aliphatic heterocycles. The average molecular weight is 325 g/mol. The number of hydrogen-bond donors (Lipinski definition) is 0. The van der Waals surface area contributed by atoms with Crippen molar-refractivity contribution in [1.29, 1.82) is 0 Å². The lowest BCUT2D eigenvalue weighted by Gasteiger charge is -2.16. The minimum atomic E-state index is -0.496. The quantitative estimate of drug-likeness (QED) is 0.244. The van der Waals surface area contributed by atoms with Crippen LogP contribution in [0.5, 0.6) is 5.75 Å². The van der Waals surface area contributed by atoms with Crippen molar-refractivity contribution in [2.45, 2.75) is 25.7 Å². The van der Waals surface area contributed by atoms with Crippen molar-refractivity contribution in [2.75, 3.05) is 0 Å². The van der Waals surface area contributed by atoms with E-state index in [1.807, 2.05) is 37.3 Å². The summed E-state index contributed by atoms with van der Waals surface area (Å²) < 4.78 is 5.29. The topological polar surface area (TPSA) is 69.4 Å². The summed E-state index contributed by atoms with van der Waals surface area (Å²) in [5.41, 5.74) is 2.01. The molecule has 2 aromatic carbocycles. The van der Waals surface area contributed by atoms with E-state index in [1.54, 1.807) is 0 Å². The van der Waals surface area contributed by atoms with E-state index in [0.29, 0.717) is 12.2 Å². The van der Waals surface area contributed by atoms with Crippen molar-refractivity contribution in [1.82, 2.24) is 0 Å². The van der Waals surface area contributed by atoms with Crippen molar-refractivity contribution < 1.29 is 14.5 Å². The summed E-state index contributed by atoms with van der Waals surface area (Å²) in [6.45, 7) is 5.85. The van der Waals surface area contributed by atoms with Crippen LogP contribution >= 0.6 is 0 Å². The first kappa shape index (κ1) is 17.4. The number of hydrogen-bond acceptors (Lipinski definition) is 4. The molecule has 1 atom stereocenters. The molecule has 2 aromatic rings. The van der Waals surface area contributed by atoms with Crippen LogP contribution in [-0.2, 0) is 4.79 Å². The Balaban J connectivity index is 2.04. The fourth-order valence-electron chi connectivity index (χ4n) is 2.46. The first-order valence-corrected chi connectivity index (χ1v) is 7.60. The number of rotatable bonds is 7. The van der Waals surface area contributed by atoms with Gasteiger partial charge in [0, 0.05) is 12.1 Å². The van der Waals surface area contributed by atoms with E-state index >= 15 is 0 Å². The van der Waals surface area contributed by atoms with Crippen LogP contribution in [0.2, 0.25) is 0 Å². The van der Waals surface area contributed by atoms with E-state index in [9.17, 15) is 14.9 Å². The molecule has 2 rings (SSSR count). The molecule has 0 fully saturated rings. The summed E-state index contributed by atoms with van der Waals surface area (Å²) in [5, 5.41) is 10.6. The van der Waals surface area contributed by atoms with Crippen molar-refractivity contribution in [3.63, 3.8) is 0 Å². The summed E-state index contributed by atoms with van der Waals surface area (Å²) in [4.78, 5) is 22.3. The molecule has 0 radical (unpaired) electrons. The van der Waals surface area contributed by atoms with Crippen LogP contribution in [0.4, 0.5) is 5.69 Å². The Morgan fingerprint density at radius 1 is 1.12 bits per heavy atom. The van der Waals surface area contributed by atoms with E-state index in [1.165, 1.54) is 24.3 Å². The van der Waals surface area contributed by atoms with E-state index in [4.69, 9.17) is 4.74 Å². The second-order valence-electron chi connectivity index (χ2n) is 5.70. The predicted molar refractivity (Wildman–Crippen MR) is 92.0 cm³/mol. The number of benzene rings is 2. The van der Waals surface area contributed by atoms with Crippen LogP contribution in [0.25, 0.3) is 0 Å². The number of carbonyl (C=O) groups excluding carboxylic acids is 1. The third kappa shape index (κ3) is 5.05. The summed E-state index contributed by atoms with van der Waals surface area (Å²) in [7, 11) is 0. The first-order valence-electron chi connectivity index (χ1n) is 7.60. The van der Waals surface area contributed by atoms with Gasteiger partial charge >= 0.3 is 5.97 Å². The molecule has 0 aliphatic rings. The van der Waals surface area contributed by atoms with Crippen LogP contribution in [0.1, 0.15) is 31.2 Å². The second-order valence-corrected chi connectivity index (χ2v) is 5.70. The van der Waals surface area contributed by atoms with Crippen molar-refractivity contribution in [3.05, 3.63) is 82.4 Å². The van der Waals surface area contributed by atoms with Gasteiger partial charge in [-0.25, -0.2) is 0 Å². The molecule has 124 valence electrons. The largest absolute Gasteiger partial charge is 0.427 e. The maximum atomic E-state index is 12.2. The Morgan fingerprint density at radius 3 is 2.29 bits per heavy atom. The van der Waals surface area contributed by atoms with Gasteiger partial charge in [-0.05, 0) is 37.0 Å². The van der Waals surface area contributed by atoms with Crippen LogP contribution in [0, 0.1) is 10.1 Å². The number of carbonyl (C=O) groups is 1. The highest BCUT2D eigenvalue weighted by Crippen LogP contribution is 2.27. The highest BCUT2D eigenvalue weighted by molar-refractivity contribution is 5.73. The zero-order valence-corrected chi connectivity index (χ0v) is 13.5. The molecule has 0 spiro atoms. The first-order chi connectivity index (χ1) is 11.5. The van der Waals surface area contributed by atoms with Crippen LogP contribution < -0.4 is 4.74 Å². The fourth-order valence-corrected chi connectivity index (χ4v) is 2.46. The zero-order valence-electron chi connectivity index (χ0n) is 13.5. The molecule has 5 heteroatoms. The number of nitro benzene ring substituents is 1. The van der Waals surface area contributed by atoms with Gasteiger partial charge in [-0.1, -0.05) is 35.9 Å². The SMILES string of the molecule is C=C(C)C[C@@H](CC(=O)Oc1ccc([N+](=O)[O-])cc1)c1ccccc1. The molecule has 0 N–H and O–H groups in total.